The number of unbranched alkanes of at least 4 members (excludes halogenated alkanes) is 1. The van der Waals surface area contributed by atoms with Gasteiger partial charge in [0.1, 0.15) is 5.82 Å². The largest absolute Gasteiger partial charge is 0.370 e. The van der Waals surface area contributed by atoms with Crippen molar-refractivity contribution in [1.82, 2.24) is 15.6 Å². The van der Waals surface area contributed by atoms with Crippen molar-refractivity contribution in [3.05, 3.63) is 36.5 Å². The van der Waals surface area contributed by atoms with Crippen LogP contribution in [-0.4, -0.2) is 36.6 Å². The summed E-state index contributed by atoms with van der Waals surface area (Å²) in [6, 6.07) is 6.41. The predicted molar refractivity (Wildman–Crippen MR) is 109 cm³/mol. The number of nitrogens with one attached hydrogen (secondary N) is 3. The maximum absolute atomic E-state index is 4.64. The fourth-order valence-electron chi connectivity index (χ4n) is 2.36. The zero-order valence-corrected chi connectivity index (χ0v) is 16.1. The molecule has 1 aromatic rings. The molecule has 0 amide bonds. The molecule has 0 radical (unpaired) electrons. The van der Waals surface area contributed by atoms with Gasteiger partial charge < -0.3 is 16.0 Å². The lowest BCUT2D eigenvalue weighted by Gasteiger charge is -2.16. The summed E-state index contributed by atoms with van der Waals surface area (Å²) in [7, 11) is 0. The molecule has 0 saturated heterocycles. The molecule has 0 saturated carbocycles. The van der Waals surface area contributed by atoms with Gasteiger partial charge in [-0.25, -0.2) is 4.98 Å². The van der Waals surface area contributed by atoms with Gasteiger partial charge in [-0.15, -0.1) is 24.0 Å². The summed E-state index contributed by atoms with van der Waals surface area (Å²) in [5, 5.41) is 10.1. The smallest absolute Gasteiger partial charge is 0.191 e. The summed E-state index contributed by atoms with van der Waals surface area (Å²) in [4.78, 5) is 8.89. The molecule has 0 aliphatic heterocycles. The van der Waals surface area contributed by atoms with E-state index in [1.54, 1.807) is 6.20 Å². The average Bonchev–Trinajstić information content (AvgIpc) is 3.05. The third kappa shape index (κ3) is 8.20. The number of hydrogen-bond donors (Lipinski definition) is 3. The Kier molecular flexibility index (Phi) is 10.4. The second kappa shape index (κ2) is 12.2. The molecule has 1 aromatic heterocycles. The van der Waals surface area contributed by atoms with E-state index in [0.717, 1.165) is 57.1 Å². The van der Waals surface area contributed by atoms with E-state index < -0.39 is 0 Å². The van der Waals surface area contributed by atoms with Crippen LogP contribution in [0.25, 0.3) is 0 Å². The second-order valence-corrected chi connectivity index (χ2v) is 5.39. The Labute approximate surface area is 156 Å². The molecular weight excluding hydrogens is 401 g/mol. The van der Waals surface area contributed by atoms with Crippen LogP contribution in [0.5, 0.6) is 0 Å². The van der Waals surface area contributed by atoms with E-state index >= 15 is 0 Å². The van der Waals surface area contributed by atoms with Crippen LogP contribution in [0, 0.1) is 0 Å². The highest BCUT2D eigenvalue weighted by molar-refractivity contribution is 14.0. The van der Waals surface area contributed by atoms with Crippen LogP contribution in [0.15, 0.2) is 41.5 Å². The van der Waals surface area contributed by atoms with Crippen LogP contribution in [0.2, 0.25) is 0 Å². The first kappa shape index (κ1) is 19.7. The fraction of sp³-hybridized carbons (Fsp3) is 0.529. The Morgan fingerprint density at radius 2 is 2.09 bits per heavy atom. The average molecular weight is 429 g/mol. The van der Waals surface area contributed by atoms with E-state index in [4.69, 9.17) is 0 Å². The minimum Gasteiger partial charge on any atom is -0.370 e. The van der Waals surface area contributed by atoms with Gasteiger partial charge in [0, 0.05) is 31.9 Å². The molecule has 23 heavy (non-hydrogen) atoms. The Morgan fingerprint density at radius 3 is 2.78 bits per heavy atom. The van der Waals surface area contributed by atoms with Crippen molar-refractivity contribution in [3.8, 4) is 0 Å². The summed E-state index contributed by atoms with van der Waals surface area (Å²) in [5.74, 6) is 1.88. The molecule has 0 atom stereocenters. The number of nitrogens with zero attached hydrogens (tertiary/aromatic N) is 2. The zero-order chi connectivity index (χ0) is 15.5. The summed E-state index contributed by atoms with van der Waals surface area (Å²) in [6.45, 7) is 4.77. The minimum absolute atomic E-state index is 0. The minimum atomic E-state index is 0. The molecule has 2 rings (SSSR count). The Balaban J connectivity index is 0.00000264. The molecule has 0 spiro atoms. The van der Waals surface area contributed by atoms with Gasteiger partial charge in [-0.05, 0) is 44.7 Å². The van der Waals surface area contributed by atoms with Crippen molar-refractivity contribution in [2.45, 2.75) is 38.6 Å². The van der Waals surface area contributed by atoms with Gasteiger partial charge in [0.05, 0.1) is 0 Å². The lowest BCUT2D eigenvalue weighted by Crippen LogP contribution is -2.42. The van der Waals surface area contributed by atoms with Gasteiger partial charge in [-0.2, -0.15) is 0 Å². The fourth-order valence-corrected chi connectivity index (χ4v) is 2.36. The van der Waals surface area contributed by atoms with Crippen LogP contribution < -0.4 is 16.0 Å². The number of guanidine groups is 1. The molecule has 6 heteroatoms. The summed E-state index contributed by atoms with van der Waals surface area (Å²) in [5.41, 5.74) is 0. The Morgan fingerprint density at radius 1 is 1.26 bits per heavy atom. The molecule has 0 fully saturated rings. The monoisotopic (exact) mass is 429 g/mol. The quantitative estimate of drug-likeness (QED) is 0.195. The number of rotatable bonds is 8. The topological polar surface area (TPSA) is 61.3 Å². The van der Waals surface area contributed by atoms with E-state index in [-0.39, 0.29) is 24.0 Å². The highest BCUT2D eigenvalue weighted by Gasteiger charge is 2.11. The highest BCUT2D eigenvalue weighted by atomic mass is 127. The van der Waals surface area contributed by atoms with Crippen molar-refractivity contribution in [1.29, 1.82) is 0 Å². The second-order valence-electron chi connectivity index (χ2n) is 5.39. The Hall–Kier alpha value is -1.31. The number of pyridine rings is 1. The van der Waals surface area contributed by atoms with Crippen molar-refractivity contribution >= 4 is 35.8 Å². The van der Waals surface area contributed by atoms with Crippen LogP contribution in [0.3, 0.4) is 0 Å². The van der Waals surface area contributed by atoms with Gasteiger partial charge in [0.25, 0.3) is 0 Å². The third-order valence-electron chi connectivity index (χ3n) is 3.52. The van der Waals surface area contributed by atoms with Crippen LogP contribution >= 0.6 is 24.0 Å². The molecule has 5 nitrogen and oxygen atoms in total. The van der Waals surface area contributed by atoms with E-state index in [9.17, 15) is 0 Å². The predicted octanol–water partition coefficient (Wildman–Crippen LogP) is 3.17. The van der Waals surface area contributed by atoms with Gasteiger partial charge in [-0.3, -0.25) is 4.99 Å². The highest BCUT2D eigenvalue weighted by Crippen LogP contribution is 2.08. The lowest BCUT2D eigenvalue weighted by atomic mass is 10.2. The van der Waals surface area contributed by atoms with Crippen LogP contribution in [-0.2, 0) is 0 Å². The van der Waals surface area contributed by atoms with Crippen molar-refractivity contribution in [2.75, 3.05) is 25.0 Å². The van der Waals surface area contributed by atoms with E-state index in [2.05, 4.69) is 45.0 Å². The van der Waals surface area contributed by atoms with Crippen LogP contribution in [0.4, 0.5) is 5.82 Å². The molecular formula is C17H28IN5. The Bertz CT molecular complexity index is 467. The first-order valence-corrected chi connectivity index (χ1v) is 8.23. The first-order chi connectivity index (χ1) is 10.9. The van der Waals surface area contributed by atoms with Crippen molar-refractivity contribution < 1.29 is 0 Å². The number of anilines is 1. The molecule has 0 bridgehead atoms. The molecule has 3 N–H and O–H groups in total. The standard InChI is InChI=1S/C17H27N5.HI/c1-2-18-17(22-15-9-3-4-10-15)21-14-8-7-13-20-16-11-5-6-12-19-16;/h3-6,11-12,15H,2,7-10,13-14H2,1H3,(H,19,20)(H2,18,21,22);1H. The molecule has 1 aliphatic carbocycles. The SMILES string of the molecule is CCNC(=NCCCCNc1ccccn1)NC1CC=CC1.I. The molecule has 0 aromatic carbocycles. The third-order valence-corrected chi connectivity index (χ3v) is 3.52. The van der Waals surface area contributed by atoms with Crippen molar-refractivity contribution in [3.63, 3.8) is 0 Å². The summed E-state index contributed by atoms with van der Waals surface area (Å²) in [6.07, 6.45) is 10.6. The number of halogens is 1. The van der Waals surface area contributed by atoms with E-state index in [1.165, 1.54) is 0 Å². The van der Waals surface area contributed by atoms with E-state index in [0.29, 0.717) is 6.04 Å². The molecule has 0 unspecified atom stereocenters. The summed E-state index contributed by atoms with van der Waals surface area (Å²) < 4.78 is 0. The van der Waals surface area contributed by atoms with Gasteiger partial charge in [0.2, 0.25) is 0 Å². The van der Waals surface area contributed by atoms with E-state index in [1.807, 2.05) is 18.2 Å². The van der Waals surface area contributed by atoms with Crippen LogP contribution in [0.1, 0.15) is 32.6 Å². The zero-order valence-electron chi connectivity index (χ0n) is 13.8. The van der Waals surface area contributed by atoms with Gasteiger partial charge >= 0.3 is 0 Å². The number of aliphatic imine (C=N–C) groups is 1. The normalized spacial score (nSPS) is 14.4. The molecule has 1 heterocycles. The van der Waals surface area contributed by atoms with Gasteiger partial charge in [0.15, 0.2) is 5.96 Å². The maximum atomic E-state index is 4.64. The number of aromatic nitrogens is 1. The molecule has 128 valence electrons. The lowest BCUT2D eigenvalue weighted by molar-refractivity contribution is 0.631. The maximum Gasteiger partial charge on any atom is 0.191 e. The summed E-state index contributed by atoms with van der Waals surface area (Å²) >= 11 is 0. The first-order valence-electron chi connectivity index (χ1n) is 8.23. The van der Waals surface area contributed by atoms with Crippen molar-refractivity contribution in [2.24, 2.45) is 4.99 Å². The molecule has 1 aliphatic rings. The number of hydrogen-bond acceptors (Lipinski definition) is 3. The van der Waals surface area contributed by atoms with Gasteiger partial charge in [-0.1, -0.05) is 18.2 Å².